The van der Waals surface area contributed by atoms with Crippen molar-refractivity contribution >= 4 is 5.91 Å². The third kappa shape index (κ3) is 4.01. The topological polar surface area (TPSA) is 34.0 Å². The molecule has 0 saturated carbocycles. The van der Waals surface area contributed by atoms with Crippen molar-refractivity contribution in [2.75, 3.05) is 32.8 Å². The van der Waals surface area contributed by atoms with Crippen LogP contribution in [0.2, 0.25) is 0 Å². The van der Waals surface area contributed by atoms with E-state index >= 15 is 0 Å². The number of hydrogen-bond acceptors (Lipinski definition) is 2. The first kappa shape index (κ1) is 18.1. The first-order valence-electron chi connectivity index (χ1n) is 10.1. The van der Waals surface area contributed by atoms with E-state index in [2.05, 4.69) is 44.2 Å². The van der Waals surface area contributed by atoms with E-state index in [1.165, 1.54) is 16.7 Å². The number of benzene rings is 2. The standard InChI is InChI=1S/C23H28N2O2/c1-17(2)19-4-6-20(7-5-19)23(26)25-12-10-24(11-13-25)16-18-3-8-22-21(15-18)9-14-27-22/h3-8,15,17H,9-14,16H2,1-2H3/p+1. The van der Waals surface area contributed by atoms with Crippen molar-refractivity contribution in [1.29, 1.82) is 0 Å². The molecule has 1 fully saturated rings. The normalized spacial score (nSPS) is 17.1. The Morgan fingerprint density at radius 3 is 2.56 bits per heavy atom. The molecule has 0 unspecified atom stereocenters. The number of piperazine rings is 1. The van der Waals surface area contributed by atoms with Crippen molar-refractivity contribution in [3.05, 3.63) is 64.7 Å². The maximum Gasteiger partial charge on any atom is 0.254 e. The summed E-state index contributed by atoms with van der Waals surface area (Å²) in [6, 6.07) is 14.7. The average Bonchev–Trinajstić information content (AvgIpc) is 3.16. The SMILES string of the molecule is CC(C)c1ccc(C(=O)N2CC[NH+](Cc3ccc4c(c3)CCO4)CC2)cc1. The van der Waals surface area contributed by atoms with Crippen molar-refractivity contribution in [2.45, 2.75) is 32.7 Å². The molecular formula is C23H29N2O2+. The highest BCUT2D eigenvalue weighted by Crippen LogP contribution is 2.25. The highest BCUT2D eigenvalue weighted by Gasteiger charge is 2.25. The molecule has 1 N–H and O–H groups in total. The molecule has 0 atom stereocenters. The van der Waals surface area contributed by atoms with E-state index in [0.29, 0.717) is 5.92 Å². The second-order valence-corrected chi connectivity index (χ2v) is 8.04. The van der Waals surface area contributed by atoms with Gasteiger partial charge >= 0.3 is 0 Å². The Hall–Kier alpha value is -2.33. The molecule has 2 aromatic rings. The van der Waals surface area contributed by atoms with Crippen molar-refractivity contribution in [1.82, 2.24) is 4.90 Å². The van der Waals surface area contributed by atoms with Crippen molar-refractivity contribution < 1.29 is 14.4 Å². The summed E-state index contributed by atoms with van der Waals surface area (Å²) in [5.74, 6) is 1.71. The smallest absolute Gasteiger partial charge is 0.254 e. The van der Waals surface area contributed by atoms with Gasteiger partial charge in [0.1, 0.15) is 12.3 Å². The van der Waals surface area contributed by atoms with Crippen LogP contribution in [0.25, 0.3) is 0 Å². The van der Waals surface area contributed by atoms with Crippen molar-refractivity contribution in [2.24, 2.45) is 0 Å². The summed E-state index contributed by atoms with van der Waals surface area (Å²) >= 11 is 0. The number of carbonyl (C=O) groups is 1. The Kier molecular flexibility index (Phi) is 5.17. The molecule has 1 saturated heterocycles. The van der Waals surface area contributed by atoms with Crippen LogP contribution in [-0.4, -0.2) is 43.6 Å². The van der Waals surface area contributed by atoms with E-state index < -0.39 is 0 Å². The van der Waals surface area contributed by atoms with E-state index in [0.717, 1.165) is 57.1 Å². The van der Waals surface area contributed by atoms with Crippen LogP contribution in [0.5, 0.6) is 5.75 Å². The van der Waals surface area contributed by atoms with Crippen LogP contribution in [0.15, 0.2) is 42.5 Å². The lowest BCUT2D eigenvalue weighted by Gasteiger charge is -2.32. The van der Waals surface area contributed by atoms with Gasteiger partial charge in [-0.25, -0.2) is 0 Å². The number of nitrogens with zero attached hydrogens (tertiary/aromatic N) is 1. The zero-order valence-corrected chi connectivity index (χ0v) is 16.3. The molecule has 2 aliphatic rings. The Balaban J connectivity index is 1.32. The van der Waals surface area contributed by atoms with E-state index in [1.54, 1.807) is 4.90 Å². The highest BCUT2D eigenvalue weighted by molar-refractivity contribution is 5.94. The Morgan fingerprint density at radius 2 is 1.85 bits per heavy atom. The third-order valence-corrected chi connectivity index (χ3v) is 5.79. The summed E-state index contributed by atoms with van der Waals surface area (Å²) in [7, 11) is 0. The fourth-order valence-electron chi connectivity index (χ4n) is 4.03. The Morgan fingerprint density at radius 1 is 1.11 bits per heavy atom. The minimum atomic E-state index is 0.166. The van der Waals surface area contributed by atoms with Gasteiger partial charge in [0.15, 0.2) is 0 Å². The van der Waals surface area contributed by atoms with Crippen LogP contribution >= 0.6 is 0 Å². The van der Waals surface area contributed by atoms with Crippen LogP contribution in [0.4, 0.5) is 0 Å². The quantitative estimate of drug-likeness (QED) is 0.902. The molecule has 4 rings (SSSR count). The first-order valence-corrected chi connectivity index (χ1v) is 10.1. The number of ether oxygens (including phenoxy) is 1. The zero-order valence-electron chi connectivity index (χ0n) is 16.3. The fraction of sp³-hybridized carbons (Fsp3) is 0.435. The molecule has 1 amide bonds. The van der Waals surface area contributed by atoms with Gasteiger partial charge in [-0.3, -0.25) is 4.79 Å². The van der Waals surface area contributed by atoms with Gasteiger partial charge in [-0.1, -0.05) is 26.0 Å². The van der Waals surface area contributed by atoms with Crippen molar-refractivity contribution in [3.8, 4) is 5.75 Å². The molecule has 0 spiro atoms. The lowest BCUT2D eigenvalue weighted by molar-refractivity contribution is -0.917. The molecular weight excluding hydrogens is 336 g/mol. The monoisotopic (exact) mass is 365 g/mol. The highest BCUT2D eigenvalue weighted by atomic mass is 16.5. The molecule has 2 heterocycles. The van der Waals surface area contributed by atoms with Crippen LogP contribution in [0.3, 0.4) is 0 Å². The maximum atomic E-state index is 12.8. The molecule has 0 aliphatic carbocycles. The summed E-state index contributed by atoms with van der Waals surface area (Å²) in [6.07, 6.45) is 1.02. The molecule has 4 nitrogen and oxygen atoms in total. The van der Waals surface area contributed by atoms with Crippen LogP contribution in [0.1, 0.15) is 46.8 Å². The van der Waals surface area contributed by atoms with Gasteiger partial charge in [0, 0.05) is 17.5 Å². The van der Waals surface area contributed by atoms with Gasteiger partial charge < -0.3 is 14.5 Å². The number of quaternary nitrogens is 1. The molecule has 4 heteroatoms. The van der Waals surface area contributed by atoms with Crippen LogP contribution < -0.4 is 9.64 Å². The van der Waals surface area contributed by atoms with E-state index in [9.17, 15) is 4.79 Å². The molecule has 0 bridgehead atoms. The molecule has 27 heavy (non-hydrogen) atoms. The molecule has 2 aromatic carbocycles. The summed E-state index contributed by atoms with van der Waals surface area (Å²) in [5.41, 5.74) is 4.80. The molecule has 2 aliphatic heterocycles. The molecule has 0 radical (unpaired) electrons. The maximum absolute atomic E-state index is 12.8. The predicted octanol–water partition coefficient (Wildman–Crippen LogP) is 2.29. The van der Waals surface area contributed by atoms with Gasteiger partial charge in [0.2, 0.25) is 0 Å². The summed E-state index contributed by atoms with van der Waals surface area (Å²) in [4.78, 5) is 16.3. The van der Waals surface area contributed by atoms with Crippen molar-refractivity contribution in [3.63, 3.8) is 0 Å². The Labute approximate surface area is 161 Å². The van der Waals surface area contributed by atoms with E-state index in [4.69, 9.17) is 4.74 Å². The van der Waals surface area contributed by atoms with Gasteiger partial charge in [-0.2, -0.15) is 0 Å². The van der Waals surface area contributed by atoms with Gasteiger partial charge in [-0.15, -0.1) is 0 Å². The number of nitrogens with one attached hydrogen (secondary N) is 1. The number of hydrogen-bond donors (Lipinski definition) is 1. The fourth-order valence-corrected chi connectivity index (χ4v) is 4.03. The largest absolute Gasteiger partial charge is 0.493 e. The average molecular weight is 365 g/mol. The predicted molar refractivity (Wildman–Crippen MR) is 106 cm³/mol. The number of amides is 1. The summed E-state index contributed by atoms with van der Waals surface area (Å²) in [6.45, 7) is 9.85. The minimum Gasteiger partial charge on any atom is -0.493 e. The van der Waals surface area contributed by atoms with E-state index in [-0.39, 0.29) is 5.91 Å². The van der Waals surface area contributed by atoms with E-state index in [1.807, 2.05) is 17.0 Å². The Bertz CT molecular complexity index is 806. The van der Waals surface area contributed by atoms with Gasteiger partial charge in [0.05, 0.1) is 32.8 Å². The zero-order chi connectivity index (χ0) is 18.8. The second-order valence-electron chi connectivity index (χ2n) is 8.04. The van der Waals surface area contributed by atoms with Crippen LogP contribution in [-0.2, 0) is 13.0 Å². The lowest BCUT2D eigenvalue weighted by Crippen LogP contribution is -3.13. The second kappa shape index (κ2) is 7.73. The van der Waals surface area contributed by atoms with Crippen LogP contribution in [0, 0.1) is 0 Å². The molecule has 142 valence electrons. The number of carbonyl (C=O) groups excluding carboxylic acids is 1. The minimum absolute atomic E-state index is 0.166. The van der Waals surface area contributed by atoms with Gasteiger partial charge in [0.25, 0.3) is 5.91 Å². The number of fused-ring (bicyclic) bond motifs is 1. The number of rotatable bonds is 4. The third-order valence-electron chi connectivity index (χ3n) is 5.79. The summed E-state index contributed by atoms with van der Waals surface area (Å²) < 4.78 is 5.60. The van der Waals surface area contributed by atoms with Gasteiger partial charge in [-0.05, 0) is 47.4 Å². The molecule has 0 aromatic heterocycles. The summed E-state index contributed by atoms with van der Waals surface area (Å²) in [5, 5.41) is 0. The first-order chi connectivity index (χ1) is 13.1. The lowest BCUT2D eigenvalue weighted by atomic mass is 10.0.